The molecule has 1 aliphatic rings. The fourth-order valence-corrected chi connectivity index (χ4v) is 2.06. The van der Waals surface area contributed by atoms with Gasteiger partial charge in [0.15, 0.2) is 0 Å². The number of amides is 1. The molecule has 4 nitrogen and oxygen atoms in total. The lowest BCUT2D eigenvalue weighted by atomic mass is 10.1. The summed E-state index contributed by atoms with van der Waals surface area (Å²) in [5.41, 5.74) is 0.0496. The summed E-state index contributed by atoms with van der Waals surface area (Å²) >= 11 is 0. The number of nitrogens with zero attached hydrogens (tertiary/aromatic N) is 2. The maximum Gasteiger partial charge on any atom is 0.270 e. The Morgan fingerprint density at radius 2 is 2.35 bits per heavy atom. The van der Waals surface area contributed by atoms with E-state index in [1.165, 1.54) is 18.2 Å². The third-order valence-electron chi connectivity index (χ3n) is 2.95. The van der Waals surface area contributed by atoms with Crippen molar-refractivity contribution in [2.24, 2.45) is 5.92 Å². The van der Waals surface area contributed by atoms with Gasteiger partial charge in [0.2, 0.25) is 5.95 Å². The third-order valence-corrected chi connectivity index (χ3v) is 2.95. The normalized spacial score (nSPS) is 23.1. The zero-order chi connectivity index (χ0) is 12.3. The van der Waals surface area contributed by atoms with Crippen molar-refractivity contribution in [2.45, 2.75) is 25.3 Å². The summed E-state index contributed by atoms with van der Waals surface area (Å²) in [6.45, 7) is 0. The van der Waals surface area contributed by atoms with E-state index in [1.807, 2.05) is 0 Å². The van der Waals surface area contributed by atoms with Crippen LogP contribution in [0, 0.1) is 23.2 Å². The SMILES string of the molecule is N#CC1CCCC1NC(=O)c1cccc(F)n1. The Morgan fingerprint density at radius 1 is 1.53 bits per heavy atom. The van der Waals surface area contributed by atoms with Crippen molar-refractivity contribution < 1.29 is 9.18 Å². The number of hydrogen-bond acceptors (Lipinski definition) is 3. The van der Waals surface area contributed by atoms with Crippen LogP contribution in [0.2, 0.25) is 0 Å². The number of aromatic nitrogens is 1. The average Bonchev–Trinajstić information content (AvgIpc) is 2.76. The molecule has 5 heteroatoms. The monoisotopic (exact) mass is 233 g/mol. The zero-order valence-electron chi connectivity index (χ0n) is 9.19. The largest absolute Gasteiger partial charge is 0.347 e. The first-order chi connectivity index (χ1) is 8.20. The van der Waals surface area contributed by atoms with E-state index in [1.54, 1.807) is 0 Å². The highest BCUT2D eigenvalue weighted by Crippen LogP contribution is 2.24. The fraction of sp³-hybridized carbons (Fsp3) is 0.417. The summed E-state index contributed by atoms with van der Waals surface area (Å²) in [6.07, 6.45) is 2.52. The molecule has 2 atom stereocenters. The number of pyridine rings is 1. The molecule has 0 spiro atoms. The van der Waals surface area contributed by atoms with E-state index in [2.05, 4.69) is 16.4 Å². The number of rotatable bonds is 2. The lowest BCUT2D eigenvalue weighted by molar-refractivity contribution is 0.0926. The summed E-state index contributed by atoms with van der Waals surface area (Å²) in [5.74, 6) is -1.25. The molecule has 2 rings (SSSR count). The Morgan fingerprint density at radius 3 is 3.06 bits per heavy atom. The molecule has 0 saturated heterocycles. The average molecular weight is 233 g/mol. The molecule has 1 N–H and O–H groups in total. The first-order valence-corrected chi connectivity index (χ1v) is 5.54. The van der Waals surface area contributed by atoms with Crippen LogP contribution < -0.4 is 5.32 Å². The van der Waals surface area contributed by atoms with Crippen LogP contribution in [0.25, 0.3) is 0 Å². The van der Waals surface area contributed by atoms with Crippen molar-refractivity contribution in [3.8, 4) is 6.07 Å². The van der Waals surface area contributed by atoms with Crippen molar-refractivity contribution in [3.05, 3.63) is 29.8 Å². The summed E-state index contributed by atoms with van der Waals surface area (Å²) in [6, 6.07) is 6.11. The highest BCUT2D eigenvalue weighted by Gasteiger charge is 2.28. The van der Waals surface area contributed by atoms with Crippen molar-refractivity contribution >= 4 is 5.91 Å². The molecule has 1 amide bonds. The van der Waals surface area contributed by atoms with Gasteiger partial charge in [-0.15, -0.1) is 0 Å². The number of carbonyl (C=O) groups excluding carboxylic acids is 1. The minimum atomic E-state index is -0.680. The highest BCUT2D eigenvalue weighted by molar-refractivity contribution is 5.92. The molecule has 88 valence electrons. The Labute approximate surface area is 98.5 Å². The Balaban J connectivity index is 2.05. The second-order valence-corrected chi connectivity index (χ2v) is 4.09. The maximum absolute atomic E-state index is 12.8. The van der Waals surface area contributed by atoms with Gasteiger partial charge in [0, 0.05) is 6.04 Å². The second-order valence-electron chi connectivity index (χ2n) is 4.09. The molecule has 0 aliphatic heterocycles. The van der Waals surface area contributed by atoms with Gasteiger partial charge in [0.25, 0.3) is 5.91 Å². The predicted molar refractivity (Wildman–Crippen MR) is 58.4 cm³/mol. The molecule has 0 bridgehead atoms. The lowest BCUT2D eigenvalue weighted by Gasteiger charge is -2.14. The number of nitrogens with one attached hydrogen (secondary N) is 1. The van der Waals surface area contributed by atoms with Gasteiger partial charge in [0.1, 0.15) is 5.69 Å². The van der Waals surface area contributed by atoms with Crippen LogP contribution in [0.4, 0.5) is 4.39 Å². The Kier molecular flexibility index (Phi) is 3.33. The van der Waals surface area contributed by atoms with Gasteiger partial charge in [-0.05, 0) is 31.4 Å². The van der Waals surface area contributed by atoms with E-state index in [0.29, 0.717) is 0 Å². The second kappa shape index (κ2) is 4.91. The predicted octanol–water partition coefficient (Wildman–Crippen LogP) is 1.64. The molecule has 1 fully saturated rings. The van der Waals surface area contributed by atoms with E-state index in [4.69, 9.17) is 5.26 Å². The molecule has 2 unspecified atom stereocenters. The van der Waals surface area contributed by atoms with E-state index in [-0.39, 0.29) is 17.7 Å². The molecule has 1 heterocycles. The fourth-order valence-electron chi connectivity index (χ4n) is 2.06. The van der Waals surface area contributed by atoms with Gasteiger partial charge in [-0.2, -0.15) is 9.65 Å². The molecule has 1 aromatic heterocycles. The van der Waals surface area contributed by atoms with Crippen LogP contribution in [0.1, 0.15) is 29.8 Å². The Bertz CT molecular complexity index is 469. The summed E-state index contributed by atoms with van der Waals surface area (Å²) < 4.78 is 12.8. The number of halogens is 1. The number of carbonyl (C=O) groups is 1. The maximum atomic E-state index is 12.8. The summed E-state index contributed by atoms with van der Waals surface area (Å²) in [4.78, 5) is 15.3. The molecular formula is C12H12FN3O. The van der Waals surface area contributed by atoms with E-state index >= 15 is 0 Å². The van der Waals surface area contributed by atoms with Crippen LogP contribution in [-0.4, -0.2) is 16.9 Å². The minimum absolute atomic E-state index is 0.0496. The minimum Gasteiger partial charge on any atom is -0.347 e. The highest BCUT2D eigenvalue weighted by atomic mass is 19.1. The molecular weight excluding hydrogens is 221 g/mol. The first-order valence-electron chi connectivity index (χ1n) is 5.54. The van der Waals surface area contributed by atoms with Gasteiger partial charge >= 0.3 is 0 Å². The van der Waals surface area contributed by atoms with E-state index < -0.39 is 11.9 Å². The van der Waals surface area contributed by atoms with Crippen LogP contribution in [0.15, 0.2) is 18.2 Å². The van der Waals surface area contributed by atoms with Gasteiger partial charge in [0.05, 0.1) is 12.0 Å². The standard InChI is InChI=1S/C12H12FN3O/c13-11-6-2-5-10(15-11)12(17)16-9-4-1-3-8(9)7-14/h2,5-6,8-9H,1,3-4H2,(H,16,17). The van der Waals surface area contributed by atoms with Gasteiger partial charge in [-0.25, -0.2) is 4.98 Å². The van der Waals surface area contributed by atoms with Gasteiger partial charge in [-0.3, -0.25) is 4.79 Å². The smallest absolute Gasteiger partial charge is 0.270 e. The molecule has 0 aromatic carbocycles. The third kappa shape index (κ3) is 2.59. The molecule has 0 radical (unpaired) electrons. The van der Waals surface area contributed by atoms with E-state index in [9.17, 15) is 9.18 Å². The lowest BCUT2D eigenvalue weighted by Crippen LogP contribution is -2.37. The van der Waals surface area contributed by atoms with Crippen molar-refractivity contribution in [1.29, 1.82) is 5.26 Å². The van der Waals surface area contributed by atoms with Gasteiger partial charge < -0.3 is 5.32 Å². The number of nitriles is 1. The van der Waals surface area contributed by atoms with Crippen LogP contribution >= 0.6 is 0 Å². The van der Waals surface area contributed by atoms with Crippen molar-refractivity contribution in [1.82, 2.24) is 10.3 Å². The van der Waals surface area contributed by atoms with Gasteiger partial charge in [-0.1, -0.05) is 6.07 Å². The van der Waals surface area contributed by atoms with Crippen molar-refractivity contribution in [3.63, 3.8) is 0 Å². The Hall–Kier alpha value is -1.96. The van der Waals surface area contributed by atoms with Crippen LogP contribution in [-0.2, 0) is 0 Å². The molecule has 1 saturated carbocycles. The summed E-state index contributed by atoms with van der Waals surface area (Å²) in [5, 5.41) is 11.6. The molecule has 17 heavy (non-hydrogen) atoms. The van der Waals surface area contributed by atoms with Crippen LogP contribution in [0.5, 0.6) is 0 Å². The van der Waals surface area contributed by atoms with Crippen molar-refractivity contribution in [2.75, 3.05) is 0 Å². The first kappa shape index (κ1) is 11.5. The summed E-state index contributed by atoms with van der Waals surface area (Å²) in [7, 11) is 0. The quantitative estimate of drug-likeness (QED) is 0.790. The topological polar surface area (TPSA) is 65.8 Å². The van der Waals surface area contributed by atoms with Crippen LogP contribution in [0.3, 0.4) is 0 Å². The van der Waals surface area contributed by atoms with E-state index in [0.717, 1.165) is 19.3 Å². The molecule has 1 aromatic rings. The molecule has 1 aliphatic carbocycles. The zero-order valence-corrected chi connectivity index (χ0v) is 9.19. The number of hydrogen-bond donors (Lipinski definition) is 1.